The first-order valence-electron chi connectivity index (χ1n) is 7.44. The molecule has 1 aliphatic rings. The summed E-state index contributed by atoms with van der Waals surface area (Å²) in [5, 5.41) is 0. The van der Waals surface area contributed by atoms with Crippen molar-refractivity contribution in [2.75, 3.05) is 26.3 Å². The van der Waals surface area contributed by atoms with Crippen LogP contribution in [0.15, 0.2) is 18.2 Å². The van der Waals surface area contributed by atoms with Crippen LogP contribution in [0.3, 0.4) is 0 Å². The van der Waals surface area contributed by atoms with Crippen molar-refractivity contribution in [2.45, 2.75) is 39.7 Å². The van der Waals surface area contributed by atoms with Crippen LogP contribution in [-0.4, -0.2) is 31.2 Å². The second kappa shape index (κ2) is 7.39. The molecule has 1 aromatic rings. The summed E-state index contributed by atoms with van der Waals surface area (Å²) in [6.07, 6.45) is 4.04. The third-order valence-corrected chi connectivity index (χ3v) is 3.46. The van der Waals surface area contributed by atoms with Gasteiger partial charge in [-0.1, -0.05) is 12.5 Å². The molecular weight excluding hydrogens is 238 g/mol. The summed E-state index contributed by atoms with van der Waals surface area (Å²) in [4.78, 5) is 2.52. The van der Waals surface area contributed by atoms with Gasteiger partial charge in [0.1, 0.15) is 0 Å². The van der Waals surface area contributed by atoms with Crippen LogP contribution in [0.2, 0.25) is 0 Å². The lowest BCUT2D eigenvalue weighted by atomic mass is 10.1. The second-order valence-corrected chi connectivity index (χ2v) is 4.98. The number of hydrogen-bond donors (Lipinski definition) is 0. The molecule has 3 nitrogen and oxygen atoms in total. The summed E-state index contributed by atoms with van der Waals surface area (Å²) in [6, 6.07) is 6.32. The molecule has 1 fully saturated rings. The highest BCUT2D eigenvalue weighted by Gasteiger charge is 2.12. The Hall–Kier alpha value is -1.22. The SMILES string of the molecule is CCOc1ccc(CN2CCCCC2)cc1OCC. The molecule has 1 heterocycles. The van der Waals surface area contributed by atoms with Crippen molar-refractivity contribution in [3.05, 3.63) is 23.8 Å². The molecule has 1 saturated heterocycles. The minimum atomic E-state index is 0.672. The Morgan fingerprint density at radius 1 is 0.947 bits per heavy atom. The van der Waals surface area contributed by atoms with E-state index in [0.717, 1.165) is 18.0 Å². The number of rotatable bonds is 6. The van der Waals surface area contributed by atoms with E-state index in [0.29, 0.717) is 13.2 Å². The largest absolute Gasteiger partial charge is 0.490 e. The van der Waals surface area contributed by atoms with Gasteiger partial charge in [0.2, 0.25) is 0 Å². The molecule has 0 bridgehead atoms. The maximum absolute atomic E-state index is 5.68. The normalized spacial score (nSPS) is 16.3. The fraction of sp³-hybridized carbons (Fsp3) is 0.625. The first kappa shape index (κ1) is 14.2. The van der Waals surface area contributed by atoms with Crippen molar-refractivity contribution in [2.24, 2.45) is 0 Å². The quantitative estimate of drug-likeness (QED) is 0.784. The van der Waals surface area contributed by atoms with Gasteiger partial charge in [0.05, 0.1) is 13.2 Å². The Morgan fingerprint density at radius 3 is 2.32 bits per heavy atom. The molecule has 0 radical (unpaired) electrons. The highest BCUT2D eigenvalue weighted by atomic mass is 16.5. The lowest BCUT2D eigenvalue weighted by Gasteiger charge is -2.26. The molecule has 0 saturated carbocycles. The summed E-state index contributed by atoms with van der Waals surface area (Å²) in [5.41, 5.74) is 1.31. The maximum Gasteiger partial charge on any atom is 0.161 e. The molecule has 106 valence electrons. The standard InChI is InChI=1S/C16H25NO2/c1-3-18-15-9-8-14(12-16(15)19-4-2)13-17-10-6-5-7-11-17/h8-9,12H,3-7,10-11,13H2,1-2H3. The summed E-state index contributed by atoms with van der Waals surface area (Å²) in [6.45, 7) is 8.81. The van der Waals surface area contributed by atoms with E-state index in [1.165, 1.54) is 37.9 Å². The van der Waals surface area contributed by atoms with E-state index in [2.05, 4.69) is 17.0 Å². The first-order valence-corrected chi connectivity index (χ1v) is 7.44. The van der Waals surface area contributed by atoms with Gasteiger partial charge in [-0.3, -0.25) is 4.90 Å². The van der Waals surface area contributed by atoms with Gasteiger partial charge in [-0.05, 0) is 57.5 Å². The molecule has 19 heavy (non-hydrogen) atoms. The predicted octanol–water partition coefficient (Wildman–Crippen LogP) is 3.47. The molecule has 2 rings (SSSR count). The molecule has 0 aliphatic carbocycles. The van der Waals surface area contributed by atoms with Gasteiger partial charge in [0, 0.05) is 6.54 Å². The minimum Gasteiger partial charge on any atom is -0.490 e. The van der Waals surface area contributed by atoms with E-state index in [-0.39, 0.29) is 0 Å². The predicted molar refractivity (Wildman–Crippen MR) is 77.9 cm³/mol. The topological polar surface area (TPSA) is 21.7 Å². The Labute approximate surface area is 116 Å². The van der Waals surface area contributed by atoms with Gasteiger partial charge in [-0.15, -0.1) is 0 Å². The van der Waals surface area contributed by atoms with Crippen LogP contribution in [0.4, 0.5) is 0 Å². The Morgan fingerprint density at radius 2 is 1.63 bits per heavy atom. The van der Waals surface area contributed by atoms with Gasteiger partial charge >= 0.3 is 0 Å². The lowest BCUT2D eigenvalue weighted by Crippen LogP contribution is -2.29. The highest BCUT2D eigenvalue weighted by molar-refractivity contribution is 5.43. The third kappa shape index (κ3) is 4.13. The van der Waals surface area contributed by atoms with Crippen molar-refractivity contribution in [3.63, 3.8) is 0 Å². The van der Waals surface area contributed by atoms with Crippen LogP contribution < -0.4 is 9.47 Å². The molecule has 0 atom stereocenters. The van der Waals surface area contributed by atoms with Gasteiger partial charge in [0.25, 0.3) is 0 Å². The van der Waals surface area contributed by atoms with Crippen molar-refractivity contribution < 1.29 is 9.47 Å². The smallest absolute Gasteiger partial charge is 0.161 e. The van der Waals surface area contributed by atoms with Gasteiger partial charge in [-0.2, -0.15) is 0 Å². The molecule has 3 heteroatoms. The number of likely N-dealkylation sites (tertiary alicyclic amines) is 1. The third-order valence-electron chi connectivity index (χ3n) is 3.46. The molecule has 1 aromatic carbocycles. The average Bonchev–Trinajstić information content (AvgIpc) is 2.43. The fourth-order valence-corrected chi connectivity index (χ4v) is 2.57. The summed E-state index contributed by atoms with van der Waals surface area (Å²) >= 11 is 0. The first-order chi connectivity index (χ1) is 9.33. The molecule has 0 spiro atoms. The number of ether oxygens (including phenoxy) is 2. The van der Waals surface area contributed by atoms with Crippen LogP contribution in [0.5, 0.6) is 11.5 Å². The monoisotopic (exact) mass is 263 g/mol. The molecule has 0 unspecified atom stereocenters. The van der Waals surface area contributed by atoms with Crippen molar-refractivity contribution in [1.82, 2.24) is 4.90 Å². The summed E-state index contributed by atoms with van der Waals surface area (Å²) in [7, 11) is 0. The van der Waals surface area contributed by atoms with Crippen molar-refractivity contribution in [3.8, 4) is 11.5 Å². The summed E-state index contributed by atoms with van der Waals surface area (Å²) < 4.78 is 11.3. The van der Waals surface area contributed by atoms with Gasteiger partial charge in [-0.25, -0.2) is 0 Å². The van der Waals surface area contributed by atoms with Crippen molar-refractivity contribution >= 4 is 0 Å². The van der Waals surface area contributed by atoms with E-state index >= 15 is 0 Å². The number of benzene rings is 1. The second-order valence-electron chi connectivity index (χ2n) is 4.98. The zero-order chi connectivity index (χ0) is 13.5. The van der Waals surface area contributed by atoms with Crippen LogP contribution in [0.25, 0.3) is 0 Å². The lowest BCUT2D eigenvalue weighted by molar-refractivity contribution is 0.220. The van der Waals surface area contributed by atoms with E-state index in [1.54, 1.807) is 0 Å². The zero-order valence-corrected chi connectivity index (χ0v) is 12.2. The minimum absolute atomic E-state index is 0.672. The van der Waals surface area contributed by atoms with E-state index in [4.69, 9.17) is 9.47 Å². The Bertz CT molecular complexity index is 386. The highest BCUT2D eigenvalue weighted by Crippen LogP contribution is 2.29. The fourth-order valence-electron chi connectivity index (χ4n) is 2.57. The molecular formula is C16H25NO2. The van der Waals surface area contributed by atoms with Gasteiger partial charge in [0.15, 0.2) is 11.5 Å². The molecule has 1 aliphatic heterocycles. The van der Waals surface area contributed by atoms with E-state index in [1.807, 2.05) is 19.9 Å². The van der Waals surface area contributed by atoms with E-state index < -0.39 is 0 Å². The van der Waals surface area contributed by atoms with Crippen molar-refractivity contribution in [1.29, 1.82) is 0 Å². The average molecular weight is 263 g/mol. The maximum atomic E-state index is 5.68. The molecule has 0 aromatic heterocycles. The van der Waals surface area contributed by atoms with Crippen LogP contribution in [0.1, 0.15) is 38.7 Å². The van der Waals surface area contributed by atoms with Crippen LogP contribution >= 0.6 is 0 Å². The van der Waals surface area contributed by atoms with Crippen LogP contribution in [-0.2, 0) is 6.54 Å². The number of hydrogen-bond acceptors (Lipinski definition) is 3. The Kier molecular flexibility index (Phi) is 5.52. The zero-order valence-electron chi connectivity index (χ0n) is 12.2. The van der Waals surface area contributed by atoms with Gasteiger partial charge < -0.3 is 9.47 Å². The molecule has 0 N–H and O–H groups in total. The van der Waals surface area contributed by atoms with E-state index in [9.17, 15) is 0 Å². The van der Waals surface area contributed by atoms with Crippen LogP contribution in [0, 0.1) is 0 Å². The Balaban J connectivity index is 2.05. The number of nitrogens with zero attached hydrogens (tertiary/aromatic N) is 1. The molecule has 0 amide bonds. The summed E-state index contributed by atoms with van der Waals surface area (Å²) in [5.74, 6) is 1.73. The number of piperidine rings is 1.